The molecular weight excluding hydrogens is 253 g/mol. The molecule has 1 aliphatic heterocycles. The molecule has 2 heterocycles. The van der Waals surface area contributed by atoms with Crippen molar-refractivity contribution in [2.75, 3.05) is 18.9 Å². The minimum absolute atomic E-state index is 0.0837. The zero-order valence-corrected chi connectivity index (χ0v) is 10.6. The molecule has 1 aromatic carbocycles. The highest BCUT2D eigenvalue weighted by Crippen LogP contribution is 2.27. The first-order valence-corrected chi connectivity index (χ1v) is 6.53. The van der Waals surface area contributed by atoms with Crippen LogP contribution < -0.4 is 5.32 Å². The Morgan fingerprint density at radius 2 is 2.39 bits per heavy atom. The second-order valence-electron chi connectivity index (χ2n) is 4.38. The van der Waals surface area contributed by atoms with Crippen molar-refractivity contribution >= 4 is 32.6 Å². The SMILES string of the molecule is CN1CCC(Nc2nc3cc(F)ccc3s2)C1=O. The minimum atomic E-state index is -0.295. The monoisotopic (exact) mass is 265 g/mol. The van der Waals surface area contributed by atoms with E-state index >= 15 is 0 Å². The number of fused-ring (bicyclic) bond motifs is 1. The van der Waals surface area contributed by atoms with Crippen molar-refractivity contribution in [3.8, 4) is 0 Å². The quantitative estimate of drug-likeness (QED) is 0.904. The Bertz CT molecular complexity index is 612. The number of thiazole rings is 1. The number of nitrogens with one attached hydrogen (secondary N) is 1. The zero-order chi connectivity index (χ0) is 12.7. The van der Waals surface area contributed by atoms with Crippen LogP contribution >= 0.6 is 11.3 Å². The molecule has 0 saturated carbocycles. The van der Waals surface area contributed by atoms with Gasteiger partial charge in [-0.05, 0) is 18.6 Å². The highest BCUT2D eigenvalue weighted by Gasteiger charge is 2.29. The summed E-state index contributed by atoms with van der Waals surface area (Å²) >= 11 is 1.44. The predicted octanol–water partition coefficient (Wildman–Crippen LogP) is 2.08. The number of anilines is 1. The lowest BCUT2D eigenvalue weighted by Gasteiger charge is -2.10. The van der Waals surface area contributed by atoms with E-state index < -0.39 is 0 Å². The highest BCUT2D eigenvalue weighted by molar-refractivity contribution is 7.22. The summed E-state index contributed by atoms with van der Waals surface area (Å²) in [5.74, 6) is -0.212. The number of hydrogen-bond acceptors (Lipinski definition) is 4. The summed E-state index contributed by atoms with van der Waals surface area (Å²) in [4.78, 5) is 17.8. The van der Waals surface area contributed by atoms with Gasteiger partial charge in [0.25, 0.3) is 0 Å². The standard InChI is InChI=1S/C12H12FN3OS/c1-16-5-4-8(11(16)17)14-12-15-9-6-7(13)2-3-10(9)18-12/h2-3,6,8H,4-5H2,1H3,(H,14,15). The van der Waals surface area contributed by atoms with Gasteiger partial charge in [-0.1, -0.05) is 11.3 Å². The van der Waals surface area contributed by atoms with Crippen LogP contribution in [0.15, 0.2) is 18.2 Å². The lowest BCUT2D eigenvalue weighted by atomic mass is 10.2. The molecule has 0 spiro atoms. The van der Waals surface area contributed by atoms with E-state index in [1.807, 2.05) is 0 Å². The van der Waals surface area contributed by atoms with Crippen molar-refractivity contribution in [1.29, 1.82) is 0 Å². The molecule has 1 unspecified atom stereocenters. The number of amides is 1. The number of nitrogens with zero attached hydrogens (tertiary/aromatic N) is 2. The van der Waals surface area contributed by atoms with Crippen LogP contribution in [0.25, 0.3) is 10.2 Å². The van der Waals surface area contributed by atoms with Crippen LogP contribution in [0.5, 0.6) is 0 Å². The second-order valence-corrected chi connectivity index (χ2v) is 5.41. The summed E-state index contributed by atoms with van der Waals surface area (Å²) in [5, 5.41) is 3.79. The summed E-state index contributed by atoms with van der Waals surface area (Å²) in [6.07, 6.45) is 0.777. The molecule has 94 valence electrons. The molecule has 1 N–H and O–H groups in total. The first kappa shape index (κ1) is 11.4. The summed E-state index contributed by atoms with van der Waals surface area (Å²) in [7, 11) is 1.79. The maximum atomic E-state index is 13.0. The van der Waals surface area contributed by atoms with Crippen LogP contribution in [0.3, 0.4) is 0 Å². The number of aromatic nitrogens is 1. The number of rotatable bonds is 2. The number of hydrogen-bond donors (Lipinski definition) is 1. The Morgan fingerprint density at radius 3 is 3.11 bits per heavy atom. The maximum Gasteiger partial charge on any atom is 0.244 e. The molecule has 0 radical (unpaired) electrons. The Morgan fingerprint density at radius 1 is 1.56 bits per heavy atom. The Balaban J connectivity index is 1.85. The molecule has 6 heteroatoms. The van der Waals surface area contributed by atoms with Crippen LogP contribution in [0.2, 0.25) is 0 Å². The first-order chi connectivity index (χ1) is 8.63. The van der Waals surface area contributed by atoms with Crippen molar-refractivity contribution < 1.29 is 9.18 Å². The molecule has 1 aromatic heterocycles. The van der Waals surface area contributed by atoms with E-state index in [1.165, 1.54) is 23.5 Å². The molecule has 4 nitrogen and oxygen atoms in total. The molecule has 1 fully saturated rings. The third-order valence-corrected chi connectivity index (χ3v) is 4.04. The van der Waals surface area contributed by atoms with E-state index in [1.54, 1.807) is 18.0 Å². The average molecular weight is 265 g/mol. The van der Waals surface area contributed by atoms with E-state index in [-0.39, 0.29) is 17.8 Å². The van der Waals surface area contributed by atoms with Gasteiger partial charge in [-0.15, -0.1) is 0 Å². The summed E-state index contributed by atoms with van der Waals surface area (Å²) in [6, 6.07) is 4.31. The van der Waals surface area contributed by atoms with E-state index in [0.717, 1.165) is 17.7 Å². The molecule has 1 saturated heterocycles. The molecule has 3 rings (SSSR count). The van der Waals surface area contributed by atoms with Gasteiger partial charge in [0.05, 0.1) is 10.2 Å². The first-order valence-electron chi connectivity index (χ1n) is 5.71. The van der Waals surface area contributed by atoms with Gasteiger partial charge in [-0.2, -0.15) is 0 Å². The number of likely N-dealkylation sites (tertiary alicyclic amines) is 1. The van der Waals surface area contributed by atoms with Crippen LogP contribution in [0.1, 0.15) is 6.42 Å². The van der Waals surface area contributed by atoms with Crippen molar-refractivity contribution in [1.82, 2.24) is 9.88 Å². The number of carbonyl (C=O) groups excluding carboxylic acids is 1. The van der Waals surface area contributed by atoms with E-state index in [4.69, 9.17) is 0 Å². The number of halogens is 1. The third kappa shape index (κ3) is 1.92. The average Bonchev–Trinajstić information content (AvgIpc) is 2.86. The van der Waals surface area contributed by atoms with Crippen LogP contribution in [0.4, 0.5) is 9.52 Å². The number of benzene rings is 1. The van der Waals surface area contributed by atoms with Crippen LogP contribution in [-0.2, 0) is 4.79 Å². The van der Waals surface area contributed by atoms with Gasteiger partial charge < -0.3 is 10.2 Å². The second kappa shape index (κ2) is 4.20. The topological polar surface area (TPSA) is 45.2 Å². The summed E-state index contributed by atoms with van der Waals surface area (Å²) < 4.78 is 14.0. The van der Waals surface area contributed by atoms with E-state index in [9.17, 15) is 9.18 Å². The fraction of sp³-hybridized carbons (Fsp3) is 0.333. The molecule has 1 amide bonds. The predicted molar refractivity (Wildman–Crippen MR) is 69.2 cm³/mol. The summed E-state index contributed by atoms with van der Waals surface area (Å²) in [5.41, 5.74) is 0.626. The molecule has 0 bridgehead atoms. The maximum absolute atomic E-state index is 13.0. The lowest BCUT2D eigenvalue weighted by Crippen LogP contribution is -2.30. The molecule has 1 atom stereocenters. The van der Waals surface area contributed by atoms with Gasteiger partial charge in [-0.3, -0.25) is 4.79 Å². The van der Waals surface area contributed by atoms with E-state index in [2.05, 4.69) is 10.3 Å². The van der Waals surface area contributed by atoms with Crippen molar-refractivity contribution in [2.24, 2.45) is 0 Å². The zero-order valence-electron chi connectivity index (χ0n) is 9.81. The van der Waals surface area contributed by atoms with Crippen molar-refractivity contribution in [2.45, 2.75) is 12.5 Å². The van der Waals surface area contributed by atoms with Gasteiger partial charge in [-0.25, -0.2) is 9.37 Å². The Labute approximate surface area is 107 Å². The number of likely N-dealkylation sites (N-methyl/N-ethyl adjacent to an activating group) is 1. The lowest BCUT2D eigenvalue weighted by molar-refractivity contribution is -0.127. The largest absolute Gasteiger partial charge is 0.350 e. The van der Waals surface area contributed by atoms with Crippen LogP contribution in [0, 0.1) is 5.82 Å². The minimum Gasteiger partial charge on any atom is -0.350 e. The Hall–Kier alpha value is -1.69. The van der Waals surface area contributed by atoms with Crippen molar-refractivity contribution in [3.63, 3.8) is 0 Å². The van der Waals surface area contributed by atoms with Gasteiger partial charge in [0.1, 0.15) is 11.9 Å². The molecular formula is C12H12FN3OS. The highest BCUT2D eigenvalue weighted by atomic mass is 32.1. The molecule has 1 aliphatic rings. The smallest absolute Gasteiger partial charge is 0.244 e. The molecule has 18 heavy (non-hydrogen) atoms. The molecule has 0 aliphatic carbocycles. The van der Waals surface area contributed by atoms with Gasteiger partial charge >= 0.3 is 0 Å². The summed E-state index contributed by atoms with van der Waals surface area (Å²) in [6.45, 7) is 0.760. The van der Waals surface area contributed by atoms with E-state index in [0.29, 0.717) is 10.6 Å². The fourth-order valence-corrected chi connectivity index (χ4v) is 2.97. The van der Waals surface area contributed by atoms with Gasteiger partial charge in [0.15, 0.2) is 5.13 Å². The number of carbonyl (C=O) groups is 1. The van der Waals surface area contributed by atoms with Gasteiger partial charge in [0.2, 0.25) is 5.91 Å². The normalized spacial score (nSPS) is 19.8. The van der Waals surface area contributed by atoms with Gasteiger partial charge in [0, 0.05) is 19.7 Å². The molecule has 2 aromatic rings. The Kier molecular flexibility index (Phi) is 2.66. The fourth-order valence-electron chi connectivity index (χ4n) is 2.07. The van der Waals surface area contributed by atoms with Crippen LogP contribution in [-0.4, -0.2) is 35.4 Å². The third-order valence-electron chi connectivity index (χ3n) is 3.07. The van der Waals surface area contributed by atoms with Crippen molar-refractivity contribution in [3.05, 3.63) is 24.0 Å².